The molecule has 3 unspecified atom stereocenters. The summed E-state index contributed by atoms with van der Waals surface area (Å²) >= 11 is 0. The second-order valence-corrected chi connectivity index (χ2v) is 6.40. The van der Waals surface area contributed by atoms with Crippen molar-refractivity contribution >= 4 is 12.0 Å². The van der Waals surface area contributed by atoms with E-state index in [0.29, 0.717) is 24.9 Å². The van der Waals surface area contributed by atoms with E-state index in [9.17, 15) is 14.7 Å². The third kappa shape index (κ3) is 3.42. The third-order valence-electron chi connectivity index (χ3n) is 4.30. The molecule has 6 nitrogen and oxygen atoms in total. The Bertz CT molecular complexity index is 369. The first-order chi connectivity index (χ1) is 9.41. The van der Waals surface area contributed by atoms with E-state index in [2.05, 4.69) is 24.5 Å². The van der Waals surface area contributed by atoms with Crippen molar-refractivity contribution in [3.05, 3.63) is 0 Å². The molecule has 0 aromatic carbocycles. The number of amides is 2. The molecule has 3 N–H and O–H groups in total. The molecule has 1 saturated carbocycles. The van der Waals surface area contributed by atoms with Gasteiger partial charge in [-0.05, 0) is 31.1 Å². The summed E-state index contributed by atoms with van der Waals surface area (Å²) in [5.41, 5.74) is -1.27. The van der Waals surface area contributed by atoms with Crippen LogP contribution in [0.2, 0.25) is 0 Å². The summed E-state index contributed by atoms with van der Waals surface area (Å²) < 4.78 is 5.12. The van der Waals surface area contributed by atoms with Crippen molar-refractivity contribution in [3.63, 3.8) is 0 Å². The zero-order chi connectivity index (χ0) is 14.8. The van der Waals surface area contributed by atoms with Gasteiger partial charge in [0.05, 0.1) is 6.61 Å². The molecule has 1 aliphatic carbocycles. The Balaban J connectivity index is 1.90. The molecule has 2 fully saturated rings. The molecule has 2 aliphatic rings. The van der Waals surface area contributed by atoms with Crippen molar-refractivity contribution in [2.75, 3.05) is 13.2 Å². The fraction of sp³-hybridized carbons (Fsp3) is 0.857. The molecule has 0 aromatic rings. The fourth-order valence-corrected chi connectivity index (χ4v) is 3.39. The fourth-order valence-electron chi connectivity index (χ4n) is 3.39. The number of aliphatic carboxylic acids is 1. The number of carboxylic acids is 1. The van der Waals surface area contributed by atoms with Gasteiger partial charge in [0.2, 0.25) is 0 Å². The van der Waals surface area contributed by atoms with E-state index < -0.39 is 17.5 Å². The zero-order valence-electron chi connectivity index (χ0n) is 12.1. The number of nitrogens with one attached hydrogen (secondary N) is 2. The quantitative estimate of drug-likeness (QED) is 0.730. The van der Waals surface area contributed by atoms with E-state index >= 15 is 0 Å². The molecule has 0 aromatic heterocycles. The number of urea groups is 1. The predicted molar refractivity (Wildman–Crippen MR) is 73.4 cm³/mol. The van der Waals surface area contributed by atoms with Crippen molar-refractivity contribution in [1.82, 2.24) is 10.6 Å². The summed E-state index contributed by atoms with van der Waals surface area (Å²) in [4.78, 5) is 23.4. The van der Waals surface area contributed by atoms with E-state index in [4.69, 9.17) is 4.74 Å². The van der Waals surface area contributed by atoms with E-state index in [-0.39, 0.29) is 12.6 Å². The Morgan fingerprint density at radius 3 is 2.35 bits per heavy atom. The number of rotatable bonds is 3. The maximum absolute atomic E-state index is 12.0. The largest absolute Gasteiger partial charge is 0.479 e. The molecule has 1 heterocycles. The average molecular weight is 284 g/mol. The van der Waals surface area contributed by atoms with Gasteiger partial charge in [-0.25, -0.2) is 9.59 Å². The molecule has 2 rings (SSSR count). The Kier molecular flexibility index (Phi) is 4.52. The minimum absolute atomic E-state index is 0.0349. The second kappa shape index (κ2) is 5.99. The van der Waals surface area contributed by atoms with Crippen LogP contribution in [0.1, 0.15) is 39.5 Å². The first kappa shape index (κ1) is 15.1. The van der Waals surface area contributed by atoms with Gasteiger partial charge in [0.25, 0.3) is 0 Å². The second-order valence-electron chi connectivity index (χ2n) is 6.40. The van der Waals surface area contributed by atoms with E-state index in [0.717, 1.165) is 12.8 Å². The summed E-state index contributed by atoms with van der Waals surface area (Å²) in [6.07, 6.45) is 3.41. The molecule has 2 amide bonds. The molecule has 1 saturated heterocycles. The van der Waals surface area contributed by atoms with Gasteiger partial charge in [0.15, 0.2) is 5.54 Å². The van der Waals surface area contributed by atoms with Crippen molar-refractivity contribution in [2.45, 2.75) is 51.1 Å². The Labute approximate surface area is 119 Å². The number of carbonyl (C=O) groups excluding carboxylic acids is 1. The molecule has 0 radical (unpaired) electrons. The lowest BCUT2D eigenvalue weighted by Gasteiger charge is -2.33. The minimum atomic E-state index is -1.27. The number of carboxylic acid groups (broad SMARTS) is 1. The smallest absolute Gasteiger partial charge is 0.332 e. The van der Waals surface area contributed by atoms with Crippen LogP contribution in [0, 0.1) is 11.8 Å². The van der Waals surface area contributed by atoms with Crippen LogP contribution in [0.25, 0.3) is 0 Å². The molecule has 114 valence electrons. The van der Waals surface area contributed by atoms with Gasteiger partial charge in [-0.3, -0.25) is 0 Å². The monoisotopic (exact) mass is 284 g/mol. The van der Waals surface area contributed by atoms with Crippen LogP contribution in [0.15, 0.2) is 0 Å². The van der Waals surface area contributed by atoms with Crippen LogP contribution in [0.5, 0.6) is 0 Å². The molecule has 0 bridgehead atoms. The highest BCUT2D eigenvalue weighted by molar-refractivity contribution is 5.86. The van der Waals surface area contributed by atoms with Crippen LogP contribution in [-0.2, 0) is 9.53 Å². The maximum atomic E-state index is 12.0. The van der Waals surface area contributed by atoms with Gasteiger partial charge in [0, 0.05) is 19.1 Å². The number of carbonyl (C=O) groups is 2. The Hall–Kier alpha value is -1.30. The summed E-state index contributed by atoms with van der Waals surface area (Å²) in [7, 11) is 0. The molecular weight excluding hydrogens is 260 g/mol. The highest BCUT2D eigenvalue weighted by atomic mass is 16.5. The summed E-state index contributed by atoms with van der Waals surface area (Å²) in [6.45, 7) is 4.77. The first-order valence-corrected chi connectivity index (χ1v) is 7.31. The van der Waals surface area contributed by atoms with Gasteiger partial charge in [0.1, 0.15) is 0 Å². The van der Waals surface area contributed by atoms with Crippen molar-refractivity contribution in [1.29, 1.82) is 0 Å². The predicted octanol–water partition coefficient (Wildman–Crippen LogP) is 1.35. The first-order valence-electron chi connectivity index (χ1n) is 7.31. The van der Waals surface area contributed by atoms with E-state index in [1.54, 1.807) is 0 Å². The molecule has 1 aliphatic heterocycles. The van der Waals surface area contributed by atoms with Gasteiger partial charge in [-0.1, -0.05) is 13.8 Å². The van der Waals surface area contributed by atoms with Crippen molar-refractivity contribution in [2.24, 2.45) is 11.8 Å². The van der Waals surface area contributed by atoms with Crippen LogP contribution in [0.3, 0.4) is 0 Å². The standard InChI is InChI=1S/C14H24N2O4/c1-9-5-10(2)7-11(6-9)15-13(19)16-14(12(17)18)3-4-20-8-14/h9-11H,3-8H2,1-2H3,(H,17,18)(H2,15,16,19). The number of hydrogen-bond donors (Lipinski definition) is 3. The summed E-state index contributed by atoms with van der Waals surface area (Å²) in [5.74, 6) is 0.148. The Morgan fingerprint density at radius 2 is 1.85 bits per heavy atom. The highest BCUT2D eigenvalue weighted by Gasteiger charge is 2.44. The highest BCUT2D eigenvalue weighted by Crippen LogP contribution is 2.28. The SMILES string of the molecule is CC1CC(C)CC(NC(=O)NC2(C(=O)O)CCOC2)C1. The summed E-state index contributed by atoms with van der Waals surface area (Å²) in [6, 6.07) is -0.272. The lowest BCUT2D eigenvalue weighted by atomic mass is 9.80. The molecular formula is C14H24N2O4. The van der Waals surface area contributed by atoms with Crippen molar-refractivity contribution in [3.8, 4) is 0 Å². The van der Waals surface area contributed by atoms with E-state index in [1.807, 2.05) is 0 Å². The number of ether oxygens (including phenoxy) is 1. The van der Waals surface area contributed by atoms with Gasteiger partial charge < -0.3 is 20.5 Å². The third-order valence-corrected chi connectivity index (χ3v) is 4.30. The van der Waals surface area contributed by atoms with Gasteiger partial charge in [-0.15, -0.1) is 0 Å². The van der Waals surface area contributed by atoms with Gasteiger partial charge >= 0.3 is 12.0 Å². The Morgan fingerprint density at radius 1 is 1.20 bits per heavy atom. The van der Waals surface area contributed by atoms with Crippen LogP contribution >= 0.6 is 0 Å². The number of hydrogen-bond acceptors (Lipinski definition) is 3. The molecule has 6 heteroatoms. The van der Waals surface area contributed by atoms with Crippen LogP contribution in [-0.4, -0.2) is 41.9 Å². The van der Waals surface area contributed by atoms with E-state index in [1.165, 1.54) is 6.42 Å². The molecule has 20 heavy (non-hydrogen) atoms. The topological polar surface area (TPSA) is 87.7 Å². The zero-order valence-corrected chi connectivity index (χ0v) is 12.1. The van der Waals surface area contributed by atoms with Crippen LogP contribution < -0.4 is 10.6 Å². The molecule has 3 atom stereocenters. The van der Waals surface area contributed by atoms with Crippen molar-refractivity contribution < 1.29 is 19.4 Å². The molecule has 0 spiro atoms. The summed E-state index contributed by atoms with van der Waals surface area (Å²) in [5, 5.41) is 14.8. The van der Waals surface area contributed by atoms with Gasteiger partial charge in [-0.2, -0.15) is 0 Å². The normalized spacial score (nSPS) is 37.4. The maximum Gasteiger partial charge on any atom is 0.332 e. The van der Waals surface area contributed by atoms with Crippen LogP contribution in [0.4, 0.5) is 4.79 Å². The lowest BCUT2D eigenvalue weighted by molar-refractivity contribution is -0.144. The average Bonchev–Trinajstić information content (AvgIpc) is 2.76. The minimum Gasteiger partial charge on any atom is -0.479 e. The lowest BCUT2D eigenvalue weighted by Crippen LogP contribution is -2.59.